The highest BCUT2D eigenvalue weighted by molar-refractivity contribution is 5.67. The van der Waals surface area contributed by atoms with Crippen molar-refractivity contribution in [3.63, 3.8) is 0 Å². The summed E-state index contributed by atoms with van der Waals surface area (Å²) in [7, 11) is 0. The van der Waals surface area contributed by atoms with Gasteiger partial charge in [0.05, 0.1) is 0 Å². The summed E-state index contributed by atoms with van der Waals surface area (Å²) in [4.78, 5) is 13.6. The molecule has 2 rings (SSSR count). The molecule has 4 atom stereocenters. The Morgan fingerprint density at radius 1 is 1.25 bits per heavy atom. The van der Waals surface area contributed by atoms with Gasteiger partial charge in [-0.3, -0.25) is 4.79 Å². The van der Waals surface area contributed by atoms with Gasteiger partial charge in [0.1, 0.15) is 0 Å². The lowest BCUT2D eigenvalue weighted by Crippen LogP contribution is -2.47. The maximum atomic E-state index is 10.9. The molecule has 1 saturated carbocycles. The maximum Gasteiger partial charge on any atom is 0.303 e. The summed E-state index contributed by atoms with van der Waals surface area (Å²) in [5.41, 5.74) is 0. The minimum atomic E-state index is -0.644. The summed E-state index contributed by atoms with van der Waals surface area (Å²) in [6.45, 7) is 9.24. The average molecular weight is 281 g/mol. The van der Waals surface area contributed by atoms with E-state index in [4.69, 9.17) is 5.11 Å². The van der Waals surface area contributed by atoms with E-state index in [1.165, 1.54) is 38.6 Å². The molecule has 1 saturated heterocycles. The molecular formula is C17H31NO2. The van der Waals surface area contributed by atoms with Gasteiger partial charge >= 0.3 is 5.97 Å². The lowest BCUT2D eigenvalue weighted by Gasteiger charge is -2.44. The number of hydrogen-bond acceptors (Lipinski definition) is 2. The Kier molecular flexibility index (Phi) is 5.48. The molecule has 0 aromatic carbocycles. The summed E-state index contributed by atoms with van der Waals surface area (Å²) < 4.78 is 0. The van der Waals surface area contributed by atoms with E-state index < -0.39 is 5.97 Å². The topological polar surface area (TPSA) is 40.5 Å². The Balaban J connectivity index is 1.91. The fourth-order valence-corrected chi connectivity index (χ4v) is 4.48. The molecule has 20 heavy (non-hydrogen) atoms. The summed E-state index contributed by atoms with van der Waals surface area (Å²) in [6, 6.07) is 0.744. The Hall–Kier alpha value is -0.570. The predicted molar refractivity (Wildman–Crippen MR) is 81.7 cm³/mol. The number of likely N-dealkylation sites (tertiary alicyclic amines) is 1. The first-order valence-electron chi connectivity index (χ1n) is 8.41. The molecule has 1 N–H and O–H groups in total. The molecule has 0 bridgehead atoms. The molecule has 2 aliphatic rings. The highest BCUT2D eigenvalue weighted by atomic mass is 16.4. The van der Waals surface area contributed by atoms with Gasteiger partial charge in [0, 0.05) is 19.0 Å². The quantitative estimate of drug-likeness (QED) is 0.855. The second-order valence-electron chi connectivity index (χ2n) is 7.54. The van der Waals surface area contributed by atoms with Crippen LogP contribution >= 0.6 is 0 Å². The van der Waals surface area contributed by atoms with Crippen LogP contribution in [0, 0.1) is 23.7 Å². The molecule has 4 unspecified atom stereocenters. The predicted octanol–water partition coefficient (Wildman–Crippen LogP) is 3.63. The van der Waals surface area contributed by atoms with Crippen molar-refractivity contribution < 1.29 is 9.90 Å². The van der Waals surface area contributed by atoms with Gasteiger partial charge in [-0.25, -0.2) is 0 Å². The molecule has 1 aliphatic carbocycles. The zero-order valence-corrected chi connectivity index (χ0v) is 13.3. The number of nitrogens with zero attached hydrogens (tertiary/aromatic N) is 1. The van der Waals surface area contributed by atoms with Crippen LogP contribution in [-0.2, 0) is 4.79 Å². The summed E-state index contributed by atoms with van der Waals surface area (Å²) in [5, 5.41) is 8.99. The average Bonchev–Trinajstić information content (AvgIpc) is 2.37. The summed E-state index contributed by atoms with van der Waals surface area (Å²) in [5.74, 6) is 1.94. The van der Waals surface area contributed by atoms with Crippen molar-refractivity contribution in [2.45, 2.75) is 65.3 Å². The molecule has 0 aromatic rings. The number of carbonyl (C=O) groups is 1. The zero-order chi connectivity index (χ0) is 14.7. The van der Waals surface area contributed by atoms with Crippen molar-refractivity contribution in [2.75, 3.05) is 13.1 Å². The van der Waals surface area contributed by atoms with Crippen LogP contribution < -0.4 is 0 Å². The fraction of sp³-hybridized carbons (Fsp3) is 0.941. The lowest BCUT2D eigenvalue weighted by atomic mass is 9.78. The van der Waals surface area contributed by atoms with Crippen molar-refractivity contribution in [3.05, 3.63) is 0 Å². The van der Waals surface area contributed by atoms with E-state index in [0.29, 0.717) is 18.3 Å². The third-order valence-corrected chi connectivity index (χ3v) is 5.46. The summed E-state index contributed by atoms with van der Waals surface area (Å²) in [6.07, 6.45) is 6.84. The number of rotatable bonds is 4. The Labute approximate surface area is 123 Å². The van der Waals surface area contributed by atoms with Gasteiger partial charge in [-0.15, -0.1) is 0 Å². The molecule has 3 heteroatoms. The Morgan fingerprint density at radius 3 is 2.50 bits per heavy atom. The van der Waals surface area contributed by atoms with Gasteiger partial charge in [-0.05, 0) is 62.3 Å². The van der Waals surface area contributed by atoms with Gasteiger partial charge in [0.15, 0.2) is 0 Å². The normalized spacial score (nSPS) is 37.5. The third kappa shape index (κ3) is 4.21. The first-order valence-corrected chi connectivity index (χ1v) is 8.41. The van der Waals surface area contributed by atoms with Crippen molar-refractivity contribution in [3.8, 4) is 0 Å². The van der Waals surface area contributed by atoms with E-state index in [-0.39, 0.29) is 0 Å². The second-order valence-corrected chi connectivity index (χ2v) is 7.54. The molecule has 2 fully saturated rings. The van der Waals surface area contributed by atoms with E-state index in [1.807, 2.05) is 0 Å². The van der Waals surface area contributed by atoms with Crippen LogP contribution in [-0.4, -0.2) is 35.1 Å². The standard InChI is InChI=1S/C17H31NO2/c1-12-7-13(2)9-16(8-12)18-6-4-5-15(11-18)14(3)10-17(19)20/h12-16H,4-11H2,1-3H3,(H,19,20). The van der Waals surface area contributed by atoms with Gasteiger partial charge < -0.3 is 10.0 Å². The molecule has 0 spiro atoms. The minimum Gasteiger partial charge on any atom is -0.481 e. The molecular weight excluding hydrogens is 250 g/mol. The highest BCUT2D eigenvalue weighted by Crippen LogP contribution is 2.35. The van der Waals surface area contributed by atoms with Crippen LogP contribution in [0.3, 0.4) is 0 Å². The van der Waals surface area contributed by atoms with E-state index >= 15 is 0 Å². The van der Waals surface area contributed by atoms with E-state index in [2.05, 4.69) is 25.7 Å². The third-order valence-electron chi connectivity index (χ3n) is 5.46. The summed E-state index contributed by atoms with van der Waals surface area (Å²) >= 11 is 0. The molecule has 1 heterocycles. The molecule has 0 aromatic heterocycles. The van der Waals surface area contributed by atoms with Crippen LogP contribution in [0.25, 0.3) is 0 Å². The van der Waals surface area contributed by atoms with Crippen LogP contribution in [0.4, 0.5) is 0 Å². The number of carboxylic acid groups (broad SMARTS) is 1. The maximum absolute atomic E-state index is 10.9. The molecule has 3 nitrogen and oxygen atoms in total. The SMILES string of the molecule is CC1CC(C)CC(N2CCCC(C(C)CC(=O)O)C2)C1. The number of aliphatic carboxylic acids is 1. The van der Waals surface area contributed by atoms with Crippen LogP contribution in [0.5, 0.6) is 0 Å². The number of carboxylic acids is 1. The van der Waals surface area contributed by atoms with Crippen molar-refractivity contribution in [1.29, 1.82) is 0 Å². The van der Waals surface area contributed by atoms with E-state index in [1.54, 1.807) is 0 Å². The van der Waals surface area contributed by atoms with Crippen molar-refractivity contribution in [2.24, 2.45) is 23.7 Å². The monoisotopic (exact) mass is 281 g/mol. The van der Waals surface area contributed by atoms with Gasteiger partial charge in [-0.1, -0.05) is 20.8 Å². The molecule has 1 aliphatic heterocycles. The van der Waals surface area contributed by atoms with Crippen LogP contribution in [0.1, 0.15) is 59.3 Å². The van der Waals surface area contributed by atoms with Gasteiger partial charge in [0.25, 0.3) is 0 Å². The first-order chi connectivity index (χ1) is 9.45. The zero-order valence-electron chi connectivity index (χ0n) is 13.3. The van der Waals surface area contributed by atoms with E-state index in [9.17, 15) is 4.79 Å². The highest BCUT2D eigenvalue weighted by Gasteiger charge is 2.33. The van der Waals surface area contributed by atoms with Gasteiger partial charge in [-0.2, -0.15) is 0 Å². The smallest absolute Gasteiger partial charge is 0.303 e. The van der Waals surface area contributed by atoms with E-state index in [0.717, 1.165) is 24.4 Å². The Bertz CT molecular complexity index is 321. The first kappa shape index (κ1) is 15.8. The number of hydrogen-bond donors (Lipinski definition) is 1. The lowest BCUT2D eigenvalue weighted by molar-refractivity contribution is -0.138. The van der Waals surface area contributed by atoms with Crippen LogP contribution in [0.2, 0.25) is 0 Å². The molecule has 0 amide bonds. The Morgan fingerprint density at radius 2 is 1.90 bits per heavy atom. The van der Waals surface area contributed by atoms with Crippen LogP contribution in [0.15, 0.2) is 0 Å². The van der Waals surface area contributed by atoms with Crippen molar-refractivity contribution in [1.82, 2.24) is 4.90 Å². The fourth-order valence-electron chi connectivity index (χ4n) is 4.48. The molecule has 0 radical (unpaired) electrons. The van der Waals surface area contributed by atoms with Gasteiger partial charge in [0.2, 0.25) is 0 Å². The van der Waals surface area contributed by atoms with Crippen molar-refractivity contribution >= 4 is 5.97 Å². The molecule has 116 valence electrons. The number of piperidine rings is 1. The largest absolute Gasteiger partial charge is 0.481 e. The minimum absolute atomic E-state index is 0.314. The second kappa shape index (κ2) is 6.93.